The second-order valence-corrected chi connectivity index (χ2v) is 9.78. The Morgan fingerprint density at radius 2 is 1.87 bits per heavy atom. The molecule has 0 spiro atoms. The van der Waals surface area contributed by atoms with Gasteiger partial charge in [-0.3, -0.25) is 4.68 Å². The molecule has 7 nitrogen and oxygen atoms in total. The van der Waals surface area contributed by atoms with E-state index in [0.29, 0.717) is 6.54 Å². The normalized spacial score (nSPS) is 13.8. The highest BCUT2D eigenvalue weighted by molar-refractivity contribution is 5.97. The summed E-state index contributed by atoms with van der Waals surface area (Å²) in [5, 5.41) is 9.21. The van der Waals surface area contributed by atoms with Gasteiger partial charge >= 0.3 is 0 Å². The number of methoxy groups -OCH3 is 1. The molecule has 0 aliphatic carbocycles. The van der Waals surface area contributed by atoms with Crippen LogP contribution in [-0.4, -0.2) is 53.0 Å². The molecule has 1 aliphatic rings. The van der Waals surface area contributed by atoms with Crippen molar-refractivity contribution < 1.29 is 9.13 Å². The van der Waals surface area contributed by atoms with Crippen molar-refractivity contribution in [2.45, 2.75) is 20.4 Å². The number of piperazine rings is 1. The Morgan fingerprint density at radius 1 is 1.03 bits per heavy atom. The monoisotopic (exact) mass is 510 g/mol. The first kappa shape index (κ1) is 24.2. The topological polar surface area (TPSA) is 71.0 Å². The van der Waals surface area contributed by atoms with Crippen LogP contribution in [0.5, 0.6) is 5.75 Å². The van der Waals surface area contributed by atoms with Gasteiger partial charge in [0.2, 0.25) is 0 Å². The number of pyridine rings is 1. The number of fused-ring (bicyclic) bond motifs is 1. The molecule has 8 heteroatoms. The van der Waals surface area contributed by atoms with E-state index in [0.717, 1.165) is 82.2 Å². The third-order valence-corrected chi connectivity index (χ3v) is 7.38. The molecule has 2 aromatic carbocycles. The predicted molar refractivity (Wildman–Crippen MR) is 149 cm³/mol. The minimum absolute atomic E-state index is 0.240. The second kappa shape index (κ2) is 9.95. The van der Waals surface area contributed by atoms with Gasteiger partial charge in [0, 0.05) is 83.7 Å². The van der Waals surface area contributed by atoms with E-state index in [2.05, 4.69) is 46.4 Å². The number of ether oxygens (including phenoxy) is 1. The second-order valence-electron chi connectivity index (χ2n) is 9.78. The van der Waals surface area contributed by atoms with E-state index in [4.69, 9.17) is 14.8 Å². The van der Waals surface area contributed by atoms with Crippen LogP contribution in [0.1, 0.15) is 17.0 Å². The summed E-state index contributed by atoms with van der Waals surface area (Å²) in [7, 11) is 1.72. The molecule has 0 unspecified atom stereocenters. The zero-order valence-corrected chi connectivity index (χ0v) is 21.9. The summed E-state index contributed by atoms with van der Waals surface area (Å²) in [5.41, 5.74) is 8.91. The van der Waals surface area contributed by atoms with Gasteiger partial charge in [0.25, 0.3) is 0 Å². The van der Waals surface area contributed by atoms with E-state index in [1.807, 2.05) is 30.1 Å². The van der Waals surface area contributed by atoms with Crippen molar-refractivity contribution in [3.63, 3.8) is 0 Å². The predicted octanol–water partition coefficient (Wildman–Crippen LogP) is 5.32. The van der Waals surface area contributed by atoms with Gasteiger partial charge in [0.15, 0.2) is 0 Å². The fourth-order valence-corrected chi connectivity index (χ4v) is 5.44. The van der Waals surface area contributed by atoms with Crippen LogP contribution >= 0.6 is 0 Å². The molecule has 0 bridgehead atoms. The van der Waals surface area contributed by atoms with Crippen LogP contribution in [0.2, 0.25) is 0 Å². The molecule has 0 radical (unpaired) electrons. The van der Waals surface area contributed by atoms with Crippen LogP contribution in [0.15, 0.2) is 60.9 Å². The lowest BCUT2D eigenvalue weighted by Gasteiger charge is -2.30. The van der Waals surface area contributed by atoms with E-state index < -0.39 is 0 Å². The molecule has 1 saturated heterocycles. The van der Waals surface area contributed by atoms with Gasteiger partial charge in [-0.15, -0.1) is 0 Å². The van der Waals surface area contributed by atoms with Crippen molar-refractivity contribution in [3.05, 3.63) is 83.7 Å². The van der Waals surface area contributed by atoms with Gasteiger partial charge in [-0.1, -0.05) is 12.1 Å². The average molecular weight is 511 g/mol. The minimum Gasteiger partial charge on any atom is -0.496 e. The van der Waals surface area contributed by atoms with Crippen molar-refractivity contribution in [2.24, 2.45) is 0 Å². The maximum absolute atomic E-state index is 13.7. The average Bonchev–Trinajstić information content (AvgIpc) is 3.47. The highest BCUT2D eigenvalue weighted by atomic mass is 19.1. The third kappa shape index (κ3) is 4.41. The maximum atomic E-state index is 13.7. The molecule has 1 fully saturated rings. The van der Waals surface area contributed by atoms with Gasteiger partial charge in [-0.25, -0.2) is 9.37 Å². The summed E-state index contributed by atoms with van der Waals surface area (Å²) in [5.74, 6) is 0.588. The highest BCUT2D eigenvalue weighted by Gasteiger charge is 2.19. The van der Waals surface area contributed by atoms with Gasteiger partial charge < -0.3 is 19.9 Å². The number of aromatic nitrogens is 4. The standard InChI is InChI=1S/C30H31FN6O/c1-19-29(20(2)37(35-19)18-21-5-4-6-23(31)13-21)27-17-34-30-26(27)14-22(16-33-30)25-8-7-24(15-28(25)38-3)36-11-9-32-10-12-36/h4-8,13-17,32H,9-12,18H2,1-3H3,(H,33,34). The van der Waals surface area contributed by atoms with Crippen molar-refractivity contribution in [1.82, 2.24) is 25.1 Å². The largest absolute Gasteiger partial charge is 0.496 e. The molecular formula is C30H31FN6O. The summed E-state index contributed by atoms with van der Waals surface area (Å²) in [6.07, 6.45) is 3.88. The molecule has 0 amide bonds. The Bertz CT molecular complexity index is 1610. The van der Waals surface area contributed by atoms with Crippen LogP contribution in [0.4, 0.5) is 10.1 Å². The number of halogens is 1. The van der Waals surface area contributed by atoms with Crippen LogP contribution in [-0.2, 0) is 6.54 Å². The van der Waals surface area contributed by atoms with Crippen LogP contribution in [0.3, 0.4) is 0 Å². The van der Waals surface area contributed by atoms with Crippen molar-refractivity contribution in [1.29, 1.82) is 0 Å². The first-order valence-electron chi connectivity index (χ1n) is 12.9. The number of hydrogen-bond acceptors (Lipinski definition) is 5. The Morgan fingerprint density at radius 3 is 2.66 bits per heavy atom. The summed E-state index contributed by atoms with van der Waals surface area (Å²) >= 11 is 0. The first-order valence-corrected chi connectivity index (χ1v) is 12.9. The Balaban J connectivity index is 1.38. The van der Waals surface area contributed by atoms with Crippen molar-refractivity contribution in [2.75, 3.05) is 38.2 Å². The van der Waals surface area contributed by atoms with E-state index >= 15 is 0 Å². The molecule has 5 aromatic rings. The van der Waals surface area contributed by atoms with Crippen LogP contribution in [0.25, 0.3) is 33.3 Å². The molecule has 2 N–H and O–H groups in total. The molecule has 1 aliphatic heterocycles. The number of H-pyrrole nitrogens is 1. The van der Waals surface area contributed by atoms with E-state index in [1.165, 1.54) is 11.8 Å². The summed E-state index contributed by atoms with van der Waals surface area (Å²) < 4.78 is 21.5. The third-order valence-electron chi connectivity index (χ3n) is 7.38. The quantitative estimate of drug-likeness (QED) is 0.324. The fraction of sp³-hybridized carbons (Fsp3) is 0.267. The number of nitrogens with zero attached hydrogens (tertiary/aromatic N) is 4. The SMILES string of the molecule is COc1cc(N2CCNCC2)ccc1-c1cnc2[nH]cc(-c3c(C)nn(Cc4cccc(F)c4)c3C)c2c1. The number of hydrogen-bond donors (Lipinski definition) is 2. The molecule has 0 atom stereocenters. The molecular weight excluding hydrogens is 479 g/mol. The Hall–Kier alpha value is -4.17. The summed E-state index contributed by atoms with van der Waals surface area (Å²) in [4.78, 5) is 10.4. The van der Waals surface area contributed by atoms with Gasteiger partial charge in [0.05, 0.1) is 19.3 Å². The number of nitrogens with one attached hydrogen (secondary N) is 2. The number of aromatic amines is 1. The fourth-order valence-electron chi connectivity index (χ4n) is 5.44. The Labute approximate surface area is 221 Å². The molecule has 4 heterocycles. The minimum atomic E-state index is -0.240. The summed E-state index contributed by atoms with van der Waals surface area (Å²) in [6.45, 7) is 8.51. The van der Waals surface area contributed by atoms with Crippen molar-refractivity contribution in [3.8, 4) is 28.0 Å². The number of anilines is 1. The lowest BCUT2D eigenvalue weighted by Crippen LogP contribution is -2.43. The van der Waals surface area contributed by atoms with Gasteiger partial charge in [-0.2, -0.15) is 5.10 Å². The highest BCUT2D eigenvalue weighted by Crippen LogP contribution is 2.38. The van der Waals surface area contributed by atoms with Crippen LogP contribution in [0, 0.1) is 19.7 Å². The number of benzene rings is 2. The van der Waals surface area contributed by atoms with E-state index in [-0.39, 0.29) is 5.82 Å². The number of aryl methyl sites for hydroxylation is 1. The molecule has 3 aromatic heterocycles. The van der Waals surface area contributed by atoms with Crippen molar-refractivity contribution >= 4 is 16.7 Å². The Kier molecular flexibility index (Phi) is 6.33. The molecule has 194 valence electrons. The van der Waals surface area contributed by atoms with Crippen LogP contribution < -0.4 is 15.0 Å². The lowest BCUT2D eigenvalue weighted by atomic mass is 10.00. The van der Waals surface area contributed by atoms with E-state index in [1.54, 1.807) is 19.2 Å². The van der Waals surface area contributed by atoms with Gasteiger partial charge in [0.1, 0.15) is 17.2 Å². The molecule has 6 rings (SSSR count). The maximum Gasteiger partial charge on any atom is 0.137 e. The lowest BCUT2D eigenvalue weighted by molar-refractivity contribution is 0.416. The van der Waals surface area contributed by atoms with E-state index in [9.17, 15) is 4.39 Å². The molecule has 0 saturated carbocycles. The first-order chi connectivity index (χ1) is 18.5. The number of rotatable bonds is 6. The zero-order valence-electron chi connectivity index (χ0n) is 21.9. The summed E-state index contributed by atoms with van der Waals surface area (Å²) in [6, 6.07) is 15.2. The zero-order chi connectivity index (χ0) is 26.2. The van der Waals surface area contributed by atoms with Gasteiger partial charge in [-0.05, 0) is 49.7 Å². The smallest absolute Gasteiger partial charge is 0.137 e. The molecule has 38 heavy (non-hydrogen) atoms.